The van der Waals surface area contributed by atoms with Crippen molar-refractivity contribution in [1.29, 1.82) is 0 Å². The lowest BCUT2D eigenvalue weighted by Crippen LogP contribution is -2.47. The minimum Gasteiger partial charge on any atom is -0.497 e. The predicted octanol–water partition coefficient (Wildman–Crippen LogP) is 6.40. The maximum absolute atomic E-state index is 13.7. The smallest absolute Gasteiger partial charge is 0.425 e. The molecule has 0 N–H and O–H groups in total. The summed E-state index contributed by atoms with van der Waals surface area (Å²) >= 11 is 0. The van der Waals surface area contributed by atoms with Crippen molar-refractivity contribution in [2.75, 3.05) is 14.2 Å². The second-order valence-electron chi connectivity index (χ2n) is 12.6. The molecule has 47 heavy (non-hydrogen) atoms. The third-order valence-corrected chi connectivity index (χ3v) is 8.34. The summed E-state index contributed by atoms with van der Waals surface area (Å²) in [7, 11) is 3.24. The van der Waals surface area contributed by atoms with E-state index in [0.29, 0.717) is 28.9 Å². The molecule has 1 aliphatic heterocycles. The van der Waals surface area contributed by atoms with Gasteiger partial charge in [0.25, 0.3) is 5.56 Å². The van der Waals surface area contributed by atoms with Gasteiger partial charge in [0.2, 0.25) is 0 Å². The first-order valence-electron chi connectivity index (χ1n) is 15.7. The number of aromatic nitrogens is 2. The van der Waals surface area contributed by atoms with Crippen LogP contribution in [-0.2, 0) is 19.8 Å². The molecule has 5 rings (SSSR count). The number of ether oxygens (including phenoxy) is 5. The van der Waals surface area contributed by atoms with Gasteiger partial charge in [0.15, 0.2) is 6.29 Å². The SMILES string of the molecule is CCC1CC(n2cc(C)c(=O)n(C(=O)OC(C)(C)C)c2=O)OC1OC(c1ccccc1)(c1ccc(OC)cc1)c1ccc(OC)cc1. The monoisotopic (exact) mass is 642 g/mol. The van der Waals surface area contributed by atoms with E-state index in [0.717, 1.165) is 16.7 Å². The molecule has 3 aromatic carbocycles. The number of benzene rings is 3. The molecule has 0 amide bonds. The highest BCUT2D eigenvalue weighted by Gasteiger charge is 2.46. The van der Waals surface area contributed by atoms with Crippen molar-refractivity contribution in [3.63, 3.8) is 0 Å². The van der Waals surface area contributed by atoms with Crippen LogP contribution in [0.15, 0.2) is 94.6 Å². The van der Waals surface area contributed by atoms with Crippen LogP contribution < -0.4 is 20.7 Å². The van der Waals surface area contributed by atoms with E-state index in [2.05, 4.69) is 0 Å². The van der Waals surface area contributed by atoms with E-state index in [1.165, 1.54) is 10.8 Å². The summed E-state index contributed by atoms with van der Waals surface area (Å²) in [6.07, 6.45) is -0.123. The van der Waals surface area contributed by atoms with Crippen molar-refractivity contribution in [1.82, 2.24) is 9.13 Å². The van der Waals surface area contributed by atoms with Gasteiger partial charge in [-0.05, 0) is 75.1 Å². The van der Waals surface area contributed by atoms with E-state index >= 15 is 0 Å². The molecule has 1 fully saturated rings. The van der Waals surface area contributed by atoms with Crippen molar-refractivity contribution < 1.29 is 28.5 Å². The number of nitrogens with zero attached hydrogens (tertiary/aromatic N) is 2. The Morgan fingerprint density at radius 2 is 1.38 bits per heavy atom. The average Bonchev–Trinajstić information content (AvgIpc) is 3.47. The van der Waals surface area contributed by atoms with Crippen LogP contribution in [-0.4, -0.2) is 41.3 Å². The number of carbonyl (C=O) groups is 1. The van der Waals surface area contributed by atoms with Crippen LogP contribution in [0.4, 0.5) is 4.79 Å². The summed E-state index contributed by atoms with van der Waals surface area (Å²) in [5.74, 6) is 1.25. The van der Waals surface area contributed by atoms with Gasteiger partial charge in [0.05, 0.1) is 14.2 Å². The fraction of sp³-hybridized carbons (Fsp3) is 0.378. The second-order valence-corrected chi connectivity index (χ2v) is 12.6. The first-order chi connectivity index (χ1) is 22.4. The molecular formula is C37H42N2O8. The summed E-state index contributed by atoms with van der Waals surface area (Å²) in [5.41, 5.74) is -0.892. The zero-order valence-electron chi connectivity index (χ0n) is 27.9. The zero-order chi connectivity index (χ0) is 33.9. The Kier molecular flexibility index (Phi) is 9.74. The third-order valence-electron chi connectivity index (χ3n) is 8.34. The fourth-order valence-corrected chi connectivity index (χ4v) is 5.93. The standard InChI is InChI=1S/C37H42N2O8/c1-8-25-22-31(38-23-24(2)32(40)39(34(38)41)35(42)47-36(3,4)5)45-33(25)46-37(26-12-10-9-11-13-26,27-14-18-29(43-6)19-15-27)28-16-20-30(44-7)21-17-28/h9-21,23,25,31,33H,8,22H2,1-7H3. The molecule has 1 aliphatic rings. The molecule has 4 aromatic rings. The Bertz CT molecular complexity index is 1760. The molecule has 1 aromatic heterocycles. The molecular weight excluding hydrogens is 600 g/mol. The van der Waals surface area contributed by atoms with Crippen LogP contribution in [0.3, 0.4) is 0 Å². The molecule has 0 saturated carbocycles. The maximum Gasteiger partial charge on any atom is 0.425 e. The Labute approximate surface area is 274 Å². The van der Waals surface area contributed by atoms with Gasteiger partial charge in [-0.25, -0.2) is 9.59 Å². The van der Waals surface area contributed by atoms with Crippen LogP contribution in [0.5, 0.6) is 11.5 Å². The molecule has 2 heterocycles. The molecule has 10 heteroatoms. The van der Waals surface area contributed by atoms with Gasteiger partial charge in [-0.1, -0.05) is 61.5 Å². The number of hydrogen-bond acceptors (Lipinski definition) is 8. The highest BCUT2D eigenvalue weighted by molar-refractivity contribution is 5.70. The Morgan fingerprint density at radius 1 is 0.851 bits per heavy atom. The van der Waals surface area contributed by atoms with E-state index < -0.39 is 41.1 Å². The summed E-state index contributed by atoms with van der Waals surface area (Å²) in [5, 5.41) is 0. The van der Waals surface area contributed by atoms with Gasteiger partial charge in [-0.2, -0.15) is 4.57 Å². The number of methoxy groups -OCH3 is 2. The fourth-order valence-electron chi connectivity index (χ4n) is 5.93. The maximum atomic E-state index is 13.7. The van der Waals surface area contributed by atoms with Crippen LogP contribution in [0.1, 0.15) is 69.0 Å². The number of rotatable bonds is 9. The molecule has 0 aliphatic carbocycles. The predicted molar refractivity (Wildman–Crippen MR) is 177 cm³/mol. The van der Waals surface area contributed by atoms with Gasteiger partial charge in [0, 0.05) is 24.1 Å². The van der Waals surface area contributed by atoms with E-state index in [-0.39, 0.29) is 11.5 Å². The van der Waals surface area contributed by atoms with Gasteiger partial charge >= 0.3 is 11.8 Å². The summed E-state index contributed by atoms with van der Waals surface area (Å²) < 4.78 is 32.0. The average molecular weight is 643 g/mol. The number of carbonyl (C=O) groups excluding carboxylic acids is 1. The quantitative estimate of drug-likeness (QED) is 0.193. The van der Waals surface area contributed by atoms with Gasteiger partial charge < -0.3 is 23.7 Å². The lowest BCUT2D eigenvalue weighted by atomic mass is 9.79. The van der Waals surface area contributed by atoms with Gasteiger partial charge in [-0.15, -0.1) is 0 Å². The van der Waals surface area contributed by atoms with E-state index in [1.807, 2.05) is 85.8 Å². The van der Waals surface area contributed by atoms with Crippen LogP contribution in [0.25, 0.3) is 0 Å². The van der Waals surface area contributed by atoms with Crippen molar-refractivity contribution in [3.05, 3.63) is 128 Å². The number of aryl methyl sites for hydroxylation is 1. The molecule has 10 nitrogen and oxygen atoms in total. The van der Waals surface area contributed by atoms with Crippen LogP contribution >= 0.6 is 0 Å². The lowest BCUT2D eigenvalue weighted by molar-refractivity contribution is -0.206. The van der Waals surface area contributed by atoms with Crippen LogP contribution in [0.2, 0.25) is 0 Å². The molecule has 3 atom stereocenters. The second kappa shape index (κ2) is 13.6. The van der Waals surface area contributed by atoms with Crippen molar-refractivity contribution in [2.24, 2.45) is 5.92 Å². The lowest BCUT2D eigenvalue weighted by Gasteiger charge is -2.39. The molecule has 3 unspecified atom stereocenters. The Hall–Kier alpha value is -4.67. The first-order valence-corrected chi connectivity index (χ1v) is 15.7. The van der Waals surface area contributed by atoms with Crippen molar-refractivity contribution in [3.8, 4) is 11.5 Å². The summed E-state index contributed by atoms with van der Waals surface area (Å²) in [6, 6.07) is 25.3. The zero-order valence-corrected chi connectivity index (χ0v) is 27.9. The molecule has 0 spiro atoms. The molecule has 0 bridgehead atoms. The summed E-state index contributed by atoms with van der Waals surface area (Å²) in [4.78, 5) is 39.7. The van der Waals surface area contributed by atoms with Crippen molar-refractivity contribution >= 4 is 6.09 Å². The van der Waals surface area contributed by atoms with E-state index in [1.54, 1.807) is 41.9 Å². The molecule has 0 radical (unpaired) electrons. The first kappa shape index (κ1) is 33.7. The normalized spacial score (nSPS) is 18.1. The number of hydrogen-bond donors (Lipinski definition) is 0. The van der Waals surface area contributed by atoms with Gasteiger partial charge in [0.1, 0.15) is 28.9 Å². The highest BCUT2D eigenvalue weighted by atomic mass is 16.7. The topological polar surface area (TPSA) is 107 Å². The highest BCUT2D eigenvalue weighted by Crippen LogP contribution is 2.46. The largest absolute Gasteiger partial charge is 0.497 e. The third kappa shape index (κ3) is 6.75. The van der Waals surface area contributed by atoms with E-state index in [4.69, 9.17) is 23.7 Å². The van der Waals surface area contributed by atoms with Gasteiger partial charge in [-0.3, -0.25) is 9.36 Å². The van der Waals surface area contributed by atoms with E-state index in [9.17, 15) is 14.4 Å². The summed E-state index contributed by atoms with van der Waals surface area (Å²) in [6.45, 7) is 8.59. The Morgan fingerprint density at radius 3 is 1.87 bits per heavy atom. The molecule has 248 valence electrons. The Balaban J connectivity index is 1.63. The molecule has 1 saturated heterocycles. The van der Waals surface area contributed by atoms with Crippen LogP contribution in [0, 0.1) is 12.8 Å². The minimum absolute atomic E-state index is 0.145. The minimum atomic E-state index is -1.15. The van der Waals surface area contributed by atoms with Crippen molar-refractivity contribution in [2.45, 2.75) is 71.2 Å².